The molecule has 1 aliphatic carbocycles. The van der Waals surface area contributed by atoms with Crippen LogP contribution in [0, 0.1) is 10.3 Å². The summed E-state index contributed by atoms with van der Waals surface area (Å²) in [5, 5.41) is 4.00. The number of H-pyrrole nitrogens is 1. The highest BCUT2D eigenvalue weighted by Gasteiger charge is 2.32. The first-order valence-electron chi connectivity index (χ1n) is 16.2. The van der Waals surface area contributed by atoms with Crippen molar-refractivity contribution < 1.29 is 35.5 Å². The van der Waals surface area contributed by atoms with Gasteiger partial charge in [-0.3, -0.25) is 0 Å². The molecule has 0 aliphatic heterocycles. The Kier molecular flexibility index (Phi) is 11.6. The molecule has 0 radical (unpaired) electrons. The Bertz CT molecular complexity index is 1800. The van der Waals surface area contributed by atoms with Crippen LogP contribution in [0.2, 0.25) is 0 Å². The summed E-state index contributed by atoms with van der Waals surface area (Å²) in [6.45, 7) is -0.752. The van der Waals surface area contributed by atoms with Crippen molar-refractivity contribution in [1.29, 1.82) is 0 Å². The van der Waals surface area contributed by atoms with Crippen LogP contribution in [0.4, 0.5) is 30.7 Å². The van der Waals surface area contributed by atoms with Crippen LogP contribution in [0.5, 0.6) is 5.88 Å². The summed E-state index contributed by atoms with van der Waals surface area (Å²) < 4.78 is 97.5. The highest BCUT2D eigenvalue weighted by molar-refractivity contribution is 7.71. The Morgan fingerprint density at radius 3 is 2.21 bits per heavy atom. The fraction of sp³-hybridized carbons (Fsp3) is 0.378. The molecule has 0 fully saturated rings. The number of nitrogens with one attached hydrogen (secondary N) is 2. The second kappa shape index (κ2) is 15.7. The van der Waals surface area contributed by atoms with Crippen LogP contribution in [0.1, 0.15) is 85.2 Å². The number of pyridine rings is 1. The molecule has 0 bridgehead atoms. The number of alkyl halides is 6. The molecular formula is C37H37F7N2OS. The molecule has 3 aromatic carbocycles. The minimum absolute atomic E-state index is 0.00980. The van der Waals surface area contributed by atoms with Crippen molar-refractivity contribution in [3.05, 3.63) is 105 Å². The Morgan fingerprint density at radius 2 is 1.50 bits per heavy atom. The number of aromatic amines is 1. The molecule has 0 amide bonds. The summed E-state index contributed by atoms with van der Waals surface area (Å²) in [6, 6.07) is 17.9. The van der Waals surface area contributed by atoms with Crippen LogP contribution in [0.15, 0.2) is 66.7 Å². The van der Waals surface area contributed by atoms with Crippen molar-refractivity contribution in [2.75, 3.05) is 13.2 Å². The second-order valence-corrected chi connectivity index (χ2v) is 12.5. The minimum atomic E-state index is -4.61. The predicted octanol–water partition coefficient (Wildman–Crippen LogP) is 11.5. The molecule has 0 spiro atoms. The van der Waals surface area contributed by atoms with E-state index in [-0.39, 0.29) is 27.8 Å². The van der Waals surface area contributed by atoms with E-state index in [1.165, 1.54) is 17.7 Å². The average Bonchev–Trinajstić information content (AvgIpc) is 3.41. The molecule has 48 heavy (non-hydrogen) atoms. The Hall–Kier alpha value is -3.70. The molecule has 1 aromatic heterocycles. The molecule has 3 nitrogen and oxygen atoms in total. The Labute approximate surface area is 280 Å². The van der Waals surface area contributed by atoms with Gasteiger partial charge in [0.05, 0.1) is 21.6 Å². The highest BCUT2D eigenvalue weighted by Crippen LogP contribution is 2.40. The Balaban J connectivity index is 1.06. The number of fused-ring (bicyclic) bond motifs is 2. The fourth-order valence-electron chi connectivity index (χ4n) is 6.19. The third-order valence-electron chi connectivity index (χ3n) is 8.56. The molecule has 5 rings (SSSR count). The van der Waals surface area contributed by atoms with E-state index in [1.54, 1.807) is 12.1 Å². The number of ether oxygens (including phenoxy) is 1. The topological polar surface area (TPSA) is 37.0 Å². The van der Waals surface area contributed by atoms with Gasteiger partial charge in [-0.1, -0.05) is 93.2 Å². The van der Waals surface area contributed by atoms with E-state index in [1.807, 2.05) is 18.2 Å². The molecule has 1 unspecified atom stereocenters. The molecule has 256 valence electrons. The van der Waals surface area contributed by atoms with Gasteiger partial charge in [-0.05, 0) is 78.4 Å². The van der Waals surface area contributed by atoms with Gasteiger partial charge in [0.2, 0.25) is 0 Å². The maximum atomic E-state index is 13.9. The first-order valence-corrected chi connectivity index (χ1v) is 16.6. The quantitative estimate of drug-likeness (QED) is 0.0741. The van der Waals surface area contributed by atoms with E-state index >= 15 is 0 Å². The number of rotatable bonds is 15. The lowest BCUT2D eigenvalue weighted by atomic mass is 9.98. The average molecular weight is 691 g/mol. The van der Waals surface area contributed by atoms with Crippen molar-refractivity contribution >= 4 is 34.8 Å². The van der Waals surface area contributed by atoms with Gasteiger partial charge in [0.15, 0.2) is 12.5 Å². The molecule has 0 saturated carbocycles. The predicted molar refractivity (Wildman–Crippen MR) is 178 cm³/mol. The first kappa shape index (κ1) is 35.6. The van der Waals surface area contributed by atoms with Gasteiger partial charge in [-0.15, -0.1) is 0 Å². The van der Waals surface area contributed by atoms with E-state index in [9.17, 15) is 30.7 Å². The summed E-state index contributed by atoms with van der Waals surface area (Å²) in [5.74, 6) is -0.497. The summed E-state index contributed by atoms with van der Waals surface area (Å²) in [7, 11) is 0. The SMILES string of the molecule is Fc1cccc(C2=Cc3ccccc3C2NCCCCCCCCCCc2c(OCC(F)(F)F)[nH]c3cc(C(F)(F)F)ccc3c2=S)c1. The molecule has 2 N–H and O–H groups in total. The maximum Gasteiger partial charge on any atom is 0.422 e. The zero-order chi connectivity index (χ0) is 34.3. The molecule has 0 saturated heterocycles. The van der Waals surface area contributed by atoms with Crippen LogP contribution in [-0.2, 0) is 12.6 Å². The lowest BCUT2D eigenvalue weighted by Gasteiger charge is -2.19. The second-order valence-electron chi connectivity index (χ2n) is 12.1. The number of unbranched alkanes of at least 4 members (excludes halogenated alkanes) is 7. The van der Waals surface area contributed by atoms with Crippen molar-refractivity contribution in [3.8, 4) is 5.88 Å². The van der Waals surface area contributed by atoms with E-state index in [0.29, 0.717) is 23.8 Å². The van der Waals surface area contributed by atoms with E-state index in [4.69, 9.17) is 17.0 Å². The number of halogens is 7. The smallest absolute Gasteiger partial charge is 0.422 e. The lowest BCUT2D eigenvalue weighted by molar-refractivity contribution is -0.154. The maximum absolute atomic E-state index is 13.9. The number of hydrogen-bond donors (Lipinski definition) is 2. The monoisotopic (exact) mass is 690 g/mol. The van der Waals surface area contributed by atoms with Gasteiger partial charge in [-0.2, -0.15) is 26.3 Å². The summed E-state index contributed by atoms with van der Waals surface area (Å²) in [4.78, 5) is 2.63. The standard InChI is InChI=1S/C37H37F7N2OS/c38-27-14-11-13-24(20-27)31-21-25-12-8-9-15-28(25)33(31)45-19-10-6-4-2-1-3-5-7-16-30-34(48)29-18-17-26(37(42,43)44)22-32(29)46-35(30)47-23-36(39,40)41/h8-9,11-15,17-18,20-22,33,45H,1-7,10,16,19,23H2,(H,46,48). The van der Waals surface area contributed by atoms with Gasteiger partial charge >= 0.3 is 12.4 Å². The summed E-state index contributed by atoms with van der Waals surface area (Å²) in [5.41, 5.74) is 3.68. The minimum Gasteiger partial charge on any atom is -0.469 e. The zero-order valence-corrected chi connectivity index (χ0v) is 27.1. The van der Waals surface area contributed by atoms with Crippen LogP contribution in [0.25, 0.3) is 22.6 Å². The largest absolute Gasteiger partial charge is 0.469 e. The fourth-order valence-corrected chi connectivity index (χ4v) is 6.56. The number of hydrogen-bond acceptors (Lipinski definition) is 3. The number of benzene rings is 3. The highest BCUT2D eigenvalue weighted by atomic mass is 32.1. The van der Waals surface area contributed by atoms with Crippen LogP contribution in [-0.4, -0.2) is 24.3 Å². The lowest BCUT2D eigenvalue weighted by Crippen LogP contribution is -2.22. The van der Waals surface area contributed by atoms with Gasteiger partial charge in [0, 0.05) is 10.9 Å². The molecule has 1 heterocycles. The van der Waals surface area contributed by atoms with Gasteiger partial charge < -0.3 is 15.0 Å². The van der Waals surface area contributed by atoms with Crippen molar-refractivity contribution in [3.63, 3.8) is 0 Å². The summed E-state index contributed by atoms with van der Waals surface area (Å²) in [6.07, 6.45) is 0.867. The van der Waals surface area contributed by atoms with E-state index < -0.39 is 24.5 Å². The molecule has 1 atom stereocenters. The number of aromatic nitrogens is 1. The third-order valence-corrected chi connectivity index (χ3v) is 9.02. The zero-order valence-electron chi connectivity index (χ0n) is 26.2. The molecular weight excluding hydrogens is 653 g/mol. The van der Waals surface area contributed by atoms with Gasteiger partial charge in [-0.25, -0.2) is 4.39 Å². The van der Waals surface area contributed by atoms with Gasteiger partial charge in [0.1, 0.15) is 5.82 Å². The normalized spacial score (nSPS) is 14.7. The van der Waals surface area contributed by atoms with Gasteiger partial charge in [0.25, 0.3) is 0 Å². The third kappa shape index (κ3) is 9.25. The van der Waals surface area contributed by atoms with E-state index in [0.717, 1.165) is 80.3 Å². The van der Waals surface area contributed by atoms with Crippen LogP contribution < -0.4 is 10.1 Å². The first-order chi connectivity index (χ1) is 22.9. The van der Waals surface area contributed by atoms with Crippen LogP contribution in [0.3, 0.4) is 0 Å². The van der Waals surface area contributed by atoms with Crippen molar-refractivity contribution in [2.24, 2.45) is 0 Å². The molecule has 4 aromatic rings. The summed E-state index contributed by atoms with van der Waals surface area (Å²) >= 11 is 5.50. The van der Waals surface area contributed by atoms with Crippen LogP contribution >= 0.6 is 12.2 Å². The van der Waals surface area contributed by atoms with Crippen molar-refractivity contribution in [2.45, 2.75) is 76.2 Å². The van der Waals surface area contributed by atoms with E-state index in [2.05, 4.69) is 28.5 Å². The van der Waals surface area contributed by atoms with Crippen molar-refractivity contribution in [1.82, 2.24) is 10.3 Å². The Morgan fingerprint density at radius 1 is 0.792 bits per heavy atom. The molecule has 1 aliphatic rings. The molecule has 11 heteroatoms.